The Morgan fingerprint density at radius 1 is 1.38 bits per heavy atom. The summed E-state index contributed by atoms with van der Waals surface area (Å²) in [6, 6.07) is 10.0. The van der Waals surface area contributed by atoms with Crippen molar-refractivity contribution in [1.29, 1.82) is 0 Å². The third-order valence-electron chi connectivity index (χ3n) is 2.14. The van der Waals surface area contributed by atoms with E-state index in [4.69, 9.17) is 11.6 Å². The maximum atomic E-state index is 11.3. The zero-order valence-corrected chi connectivity index (χ0v) is 10.1. The van der Waals surface area contributed by atoms with Crippen LogP contribution in [0.1, 0.15) is 12.5 Å². The van der Waals surface area contributed by atoms with Gasteiger partial charge < -0.3 is 10.6 Å². The summed E-state index contributed by atoms with van der Waals surface area (Å²) in [5.41, 5.74) is 1.22. The van der Waals surface area contributed by atoms with Gasteiger partial charge in [0, 0.05) is 18.5 Å². The summed E-state index contributed by atoms with van der Waals surface area (Å²) in [4.78, 5) is 11.3. The standard InChI is InChI=1S/C12H17ClN2O/c1-10(15-12(16)14-8-7-13)9-11-5-3-2-4-6-11/h2-6,10H,7-9H2,1H3,(H2,14,15,16)/t10-/m0/s1. The summed E-state index contributed by atoms with van der Waals surface area (Å²) in [6.07, 6.45) is 0.829. The van der Waals surface area contributed by atoms with E-state index >= 15 is 0 Å². The molecule has 0 aromatic heterocycles. The molecule has 0 heterocycles. The molecule has 0 aliphatic carbocycles. The van der Waals surface area contributed by atoms with Crippen LogP contribution >= 0.6 is 11.6 Å². The fraction of sp³-hybridized carbons (Fsp3) is 0.417. The molecule has 1 aromatic rings. The van der Waals surface area contributed by atoms with E-state index in [0.717, 1.165) is 6.42 Å². The maximum absolute atomic E-state index is 11.3. The average Bonchev–Trinajstić information content (AvgIpc) is 2.27. The summed E-state index contributed by atoms with van der Waals surface area (Å²) < 4.78 is 0. The van der Waals surface area contributed by atoms with Crippen molar-refractivity contribution < 1.29 is 4.79 Å². The first-order valence-electron chi connectivity index (χ1n) is 5.36. The first-order valence-corrected chi connectivity index (χ1v) is 5.90. The van der Waals surface area contributed by atoms with Crippen LogP contribution in [0.5, 0.6) is 0 Å². The van der Waals surface area contributed by atoms with E-state index in [1.54, 1.807) is 0 Å². The van der Waals surface area contributed by atoms with E-state index in [1.165, 1.54) is 5.56 Å². The van der Waals surface area contributed by atoms with E-state index in [9.17, 15) is 4.79 Å². The molecule has 0 saturated carbocycles. The molecule has 1 rings (SSSR count). The number of hydrogen-bond acceptors (Lipinski definition) is 1. The highest BCUT2D eigenvalue weighted by Crippen LogP contribution is 2.02. The zero-order valence-electron chi connectivity index (χ0n) is 9.37. The van der Waals surface area contributed by atoms with Crippen LogP contribution in [0.3, 0.4) is 0 Å². The van der Waals surface area contributed by atoms with Crippen molar-refractivity contribution in [2.75, 3.05) is 12.4 Å². The quantitative estimate of drug-likeness (QED) is 0.761. The van der Waals surface area contributed by atoms with Crippen molar-refractivity contribution in [2.24, 2.45) is 0 Å². The molecule has 1 atom stereocenters. The predicted molar refractivity (Wildman–Crippen MR) is 66.9 cm³/mol. The van der Waals surface area contributed by atoms with Crippen LogP contribution in [0, 0.1) is 0 Å². The lowest BCUT2D eigenvalue weighted by molar-refractivity contribution is 0.238. The number of amides is 2. The van der Waals surface area contributed by atoms with E-state index in [-0.39, 0.29) is 12.1 Å². The van der Waals surface area contributed by atoms with Gasteiger partial charge in [-0.2, -0.15) is 0 Å². The molecule has 0 aliphatic heterocycles. The second-order valence-corrected chi connectivity index (χ2v) is 4.06. The molecule has 0 radical (unpaired) electrons. The number of halogens is 1. The lowest BCUT2D eigenvalue weighted by atomic mass is 10.1. The molecule has 2 amide bonds. The van der Waals surface area contributed by atoms with Crippen molar-refractivity contribution in [3.63, 3.8) is 0 Å². The third kappa shape index (κ3) is 5.03. The Hall–Kier alpha value is -1.22. The first-order chi connectivity index (χ1) is 7.72. The Morgan fingerprint density at radius 3 is 2.69 bits per heavy atom. The lowest BCUT2D eigenvalue weighted by Gasteiger charge is -2.14. The van der Waals surface area contributed by atoms with Crippen molar-refractivity contribution in [1.82, 2.24) is 10.6 Å². The highest BCUT2D eigenvalue weighted by molar-refractivity contribution is 6.18. The molecule has 3 nitrogen and oxygen atoms in total. The van der Waals surface area contributed by atoms with Gasteiger partial charge in [-0.25, -0.2) is 4.79 Å². The highest BCUT2D eigenvalue weighted by Gasteiger charge is 2.06. The summed E-state index contributed by atoms with van der Waals surface area (Å²) in [6.45, 7) is 2.47. The number of alkyl halides is 1. The molecule has 16 heavy (non-hydrogen) atoms. The van der Waals surface area contributed by atoms with E-state index in [2.05, 4.69) is 22.8 Å². The Morgan fingerprint density at radius 2 is 2.06 bits per heavy atom. The minimum absolute atomic E-state index is 0.109. The van der Waals surface area contributed by atoms with E-state index in [0.29, 0.717) is 12.4 Å². The van der Waals surface area contributed by atoms with Gasteiger partial charge in [0.25, 0.3) is 0 Å². The smallest absolute Gasteiger partial charge is 0.315 e. The first kappa shape index (κ1) is 12.8. The van der Waals surface area contributed by atoms with Gasteiger partial charge >= 0.3 is 6.03 Å². The molecule has 4 heteroatoms. The molecule has 0 bridgehead atoms. The van der Waals surface area contributed by atoms with Crippen LogP contribution in [0.15, 0.2) is 30.3 Å². The van der Waals surface area contributed by atoms with E-state index < -0.39 is 0 Å². The van der Waals surface area contributed by atoms with Crippen LogP contribution in [0.2, 0.25) is 0 Å². The molecule has 0 fully saturated rings. The average molecular weight is 241 g/mol. The summed E-state index contributed by atoms with van der Waals surface area (Å²) in [5.74, 6) is 0.431. The molecule has 2 N–H and O–H groups in total. The van der Waals surface area contributed by atoms with Crippen LogP contribution in [0.25, 0.3) is 0 Å². The van der Waals surface area contributed by atoms with Crippen molar-refractivity contribution >= 4 is 17.6 Å². The molecule has 1 aromatic carbocycles. The number of carbonyl (C=O) groups excluding carboxylic acids is 1. The van der Waals surface area contributed by atoms with Gasteiger partial charge in [0.15, 0.2) is 0 Å². The predicted octanol–water partition coefficient (Wildman–Crippen LogP) is 2.16. The number of urea groups is 1. The fourth-order valence-electron chi connectivity index (χ4n) is 1.45. The van der Waals surface area contributed by atoms with Crippen LogP contribution in [-0.4, -0.2) is 24.5 Å². The third-order valence-corrected chi connectivity index (χ3v) is 2.33. The van der Waals surface area contributed by atoms with Gasteiger partial charge in [0.05, 0.1) is 0 Å². The van der Waals surface area contributed by atoms with Crippen molar-refractivity contribution in [3.8, 4) is 0 Å². The van der Waals surface area contributed by atoms with Gasteiger partial charge in [-0.1, -0.05) is 30.3 Å². The van der Waals surface area contributed by atoms with Gasteiger partial charge in [-0.3, -0.25) is 0 Å². The van der Waals surface area contributed by atoms with E-state index in [1.807, 2.05) is 25.1 Å². The Balaban J connectivity index is 2.30. The number of nitrogens with one attached hydrogen (secondary N) is 2. The molecule has 0 spiro atoms. The number of benzene rings is 1. The van der Waals surface area contributed by atoms with Gasteiger partial charge in [0.2, 0.25) is 0 Å². The zero-order chi connectivity index (χ0) is 11.8. The Bertz CT molecular complexity index is 316. The second-order valence-electron chi connectivity index (χ2n) is 3.68. The summed E-state index contributed by atoms with van der Waals surface area (Å²) >= 11 is 5.47. The number of carbonyl (C=O) groups is 1. The molecular formula is C12H17ClN2O. The van der Waals surface area contributed by atoms with Crippen LogP contribution in [0.4, 0.5) is 4.79 Å². The van der Waals surface area contributed by atoms with Crippen molar-refractivity contribution in [2.45, 2.75) is 19.4 Å². The number of rotatable bonds is 5. The number of hydrogen-bond donors (Lipinski definition) is 2. The molecule has 88 valence electrons. The van der Waals surface area contributed by atoms with Gasteiger partial charge in [-0.15, -0.1) is 11.6 Å². The lowest BCUT2D eigenvalue weighted by Crippen LogP contribution is -2.42. The maximum Gasteiger partial charge on any atom is 0.315 e. The van der Waals surface area contributed by atoms with Crippen molar-refractivity contribution in [3.05, 3.63) is 35.9 Å². The van der Waals surface area contributed by atoms with Crippen LogP contribution < -0.4 is 10.6 Å². The Labute approximate surface area is 101 Å². The van der Waals surface area contributed by atoms with Gasteiger partial charge in [0.1, 0.15) is 0 Å². The summed E-state index contributed by atoms with van der Waals surface area (Å²) in [7, 11) is 0. The minimum Gasteiger partial charge on any atom is -0.337 e. The topological polar surface area (TPSA) is 41.1 Å². The molecule has 0 saturated heterocycles. The Kier molecular flexibility index (Phi) is 5.72. The normalized spacial score (nSPS) is 11.9. The van der Waals surface area contributed by atoms with Crippen LogP contribution in [-0.2, 0) is 6.42 Å². The van der Waals surface area contributed by atoms with Gasteiger partial charge in [-0.05, 0) is 18.9 Å². The molecular weight excluding hydrogens is 224 g/mol. The minimum atomic E-state index is -0.163. The molecule has 0 unspecified atom stereocenters. The molecule has 0 aliphatic rings. The highest BCUT2D eigenvalue weighted by atomic mass is 35.5. The largest absolute Gasteiger partial charge is 0.337 e. The monoisotopic (exact) mass is 240 g/mol. The fourth-order valence-corrected chi connectivity index (χ4v) is 1.55. The SMILES string of the molecule is C[C@@H](Cc1ccccc1)NC(=O)NCCCl. The summed E-state index contributed by atoms with van der Waals surface area (Å²) in [5, 5.41) is 5.52. The second kappa shape index (κ2) is 7.12.